The first-order valence-electron chi connectivity index (χ1n) is 8.13. The van der Waals surface area contributed by atoms with Crippen molar-refractivity contribution in [2.75, 3.05) is 23.7 Å². The van der Waals surface area contributed by atoms with Crippen LogP contribution in [0.2, 0.25) is 0 Å². The Hall–Kier alpha value is -1.52. The molecule has 0 radical (unpaired) electrons. The lowest BCUT2D eigenvalue weighted by molar-refractivity contribution is 0.234. The Balaban J connectivity index is 2.10. The van der Waals surface area contributed by atoms with Crippen molar-refractivity contribution in [3.05, 3.63) is 6.33 Å². The maximum atomic E-state index is 6.22. The molecular weight excluding hydrogens is 264 g/mol. The maximum Gasteiger partial charge on any atom is 0.242 e. The quantitative estimate of drug-likeness (QED) is 0.902. The second-order valence-electron chi connectivity index (χ2n) is 6.16. The summed E-state index contributed by atoms with van der Waals surface area (Å²) < 4.78 is 5.66. The van der Waals surface area contributed by atoms with Gasteiger partial charge in [-0.2, -0.15) is 4.98 Å². The molecule has 0 aliphatic carbocycles. The van der Waals surface area contributed by atoms with Crippen molar-refractivity contribution in [2.24, 2.45) is 5.92 Å². The smallest absolute Gasteiger partial charge is 0.242 e. The molecule has 118 valence electrons. The summed E-state index contributed by atoms with van der Waals surface area (Å²) in [6.45, 7) is 8.25. The number of nitrogens with two attached hydrogens (primary N) is 1. The summed E-state index contributed by atoms with van der Waals surface area (Å²) in [5.74, 6) is 2.18. The van der Waals surface area contributed by atoms with Crippen LogP contribution in [0, 0.1) is 5.92 Å². The highest BCUT2D eigenvalue weighted by atomic mass is 16.5. The van der Waals surface area contributed by atoms with Gasteiger partial charge in [-0.05, 0) is 39.0 Å². The highest BCUT2D eigenvalue weighted by molar-refractivity contribution is 5.67. The summed E-state index contributed by atoms with van der Waals surface area (Å²) in [5, 5.41) is 0. The van der Waals surface area contributed by atoms with Crippen LogP contribution < -0.4 is 15.4 Å². The summed E-state index contributed by atoms with van der Waals surface area (Å²) in [6.07, 6.45) is 7.95. The van der Waals surface area contributed by atoms with Gasteiger partial charge in [-0.15, -0.1) is 0 Å². The minimum atomic E-state index is 0.0631. The summed E-state index contributed by atoms with van der Waals surface area (Å²) in [4.78, 5) is 10.8. The zero-order valence-electron chi connectivity index (χ0n) is 13.5. The zero-order chi connectivity index (χ0) is 15.2. The van der Waals surface area contributed by atoms with Crippen LogP contribution in [0.15, 0.2) is 6.33 Å². The topological polar surface area (TPSA) is 64.3 Å². The third-order valence-corrected chi connectivity index (χ3v) is 4.02. The van der Waals surface area contributed by atoms with E-state index in [1.54, 1.807) is 6.33 Å². The maximum absolute atomic E-state index is 6.22. The average Bonchev–Trinajstić information content (AvgIpc) is 2.67. The van der Waals surface area contributed by atoms with Gasteiger partial charge in [0.1, 0.15) is 12.0 Å². The van der Waals surface area contributed by atoms with Gasteiger partial charge < -0.3 is 15.4 Å². The number of nitrogens with zero attached hydrogens (tertiary/aromatic N) is 3. The van der Waals surface area contributed by atoms with Crippen molar-refractivity contribution in [1.82, 2.24) is 9.97 Å². The van der Waals surface area contributed by atoms with Crippen LogP contribution in [-0.2, 0) is 0 Å². The predicted molar refractivity (Wildman–Crippen MR) is 86.7 cm³/mol. The van der Waals surface area contributed by atoms with Gasteiger partial charge in [0.25, 0.3) is 0 Å². The first kappa shape index (κ1) is 15.9. The van der Waals surface area contributed by atoms with Crippen LogP contribution >= 0.6 is 0 Å². The van der Waals surface area contributed by atoms with E-state index >= 15 is 0 Å². The molecule has 2 N–H and O–H groups in total. The Morgan fingerprint density at radius 2 is 2.14 bits per heavy atom. The largest absolute Gasteiger partial charge is 0.473 e. The number of nitrogen functional groups attached to an aromatic ring is 1. The minimum absolute atomic E-state index is 0.0631. The SMILES string of the molecule is CCCC1CCCN(c2ncnc(OC(C)C)c2N)CC1. The minimum Gasteiger partial charge on any atom is -0.473 e. The number of aromatic nitrogens is 2. The Morgan fingerprint density at radius 1 is 1.33 bits per heavy atom. The first-order chi connectivity index (χ1) is 10.1. The van der Waals surface area contributed by atoms with Gasteiger partial charge in [0.2, 0.25) is 5.88 Å². The van der Waals surface area contributed by atoms with Crippen LogP contribution in [0.4, 0.5) is 11.5 Å². The van der Waals surface area contributed by atoms with Crippen LogP contribution in [0.1, 0.15) is 52.9 Å². The van der Waals surface area contributed by atoms with Crippen molar-refractivity contribution >= 4 is 11.5 Å². The fourth-order valence-electron chi connectivity index (χ4n) is 3.01. The lowest BCUT2D eigenvalue weighted by Crippen LogP contribution is -2.26. The molecule has 1 aliphatic heterocycles. The van der Waals surface area contributed by atoms with E-state index < -0.39 is 0 Å². The van der Waals surface area contributed by atoms with Crippen LogP contribution in [0.5, 0.6) is 5.88 Å². The van der Waals surface area contributed by atoms with Gasteiger partial charge in [-0.1, -0.05) is 19.8 Å². The van der Waals surface area contributed by atoms with Crippen molar-refractivity contribution < 1.29 is 4.74 Å². The molecule has 1 aliphatic rings. The lowest BCUT2D eigenvalue weighted by atomic mass is 9.96. The number of hydrogen-bond donors (Lipinski definition) is 1. The van der Waals surface area contributed by atoms with Crippen molar-refractivity contribution in [3.63, 3.8) is 0 Å². The molecule has 1 aromatic rings. The number of ether oxygens (including phenoxy) is 1. The number of hydrogen-bond acceptors (Lipinski definition) is 5. The van der Waals surface area contributed by atoms with Gasteiger partial charge in [-0.3, -0.25) is 0 Å². The third-order valence-electron chi connectivity index (χ3n) is 4.02. The molecule has 2 heterocycles. The Kier molecular flexibility index (Phi) is 5.65. The standard InChI is InChI=1S/C16H28N4O/c1-4-6-13-7-5-9-20(10-8-13)15-14(17)16(19-11-18-15)21-12(2)3/h11-13H,4-10,17H2,1-3H3. The monoisotopic (exact) mass is 292 g/mol. The lowest BCUT2D eigenvalue weighted by Gasteiger charge is -2.24. The van der Waals surface area contributed by atoms with Gasteiger partial charge in [-0.25, -0.2) is 4.98 Å². The molecule has 2 rings (SSSR count). The highest BCUT2D eigenvalue weighted by Gasteiger charge is 2.21. The average molecular weight is 292 g/mol. The molecule has 21 heavy (non-hydrogen) atoms. The fourth-order valence-corrected chi connectivity index (χ4v) is 3.01. The molecule has 1 aromatic heterocycles. The Morgan fingerprint density at radius 3 is 2.86 bits per heavy atom. The molecule has 1 saturated heterocycles. The molecule has 1 fully saturated rings. The molecular formula is C16H28N4O. The predicted octanol–water partition coefficient (Wildman–Crippen LogP) is 3.25. The molecule has 0 bridgehead atoms. The summed E-state index contributed by atoms with van der Waals surface area (Å²) >= 11 is 0. The van der Waals surface area contributed by atoms with E-state index in [1.165, 1.54) is 32.1 Å². The molecule has 0 spiro atoms. The summed E-state index contributed by atoms with van der Waals surface area (Å²) in [5.41, 5.74) is 6.78. The molecule has 0 aromatic carbocycles. The zero-order valence-corrected chi connectivity index (χ0v) is 13.5. The van der Waals surface area contributed by atoms with E-state index in [-0.39, 0.29) is 6.10 Å². The second-order valence-corrected chi connectivity index (χ2v) is 6.16. The van der Waals surface area contributed by atoms with E-state index in [9.17, 15) is 0 Å². The van der Waals surface area contributed by atoms with E-state index in [4.69, 9.17) is 10.5 Å². The second kappa shape index (κ2) is 7.48. The van der Waals surface area contributed by atoms with Crippen molar-refractivity contribution in [2.45, 2.75) is 59.0 Å². The van der Waals surface area contributed by atoms with Gasteiger partial charge in [0, 0.05) is 13.1 Å². The van der Waals surface area contributed by atoms with Crippen LogP contribution in [0.25, 0.3) is 0 Å². The van der Waals surface area contributed by atoms with Crippen LogP contribution in [0.3, 0.4) is 0 Å². The van der Waals surface area contributed by atoms with E-state index in [0.717, 1.165) is 24.8 Å². The third kappa shape index (κ3) is 4.22. The molecule has 5 heteroatoms. The van der Waals surface area contributed by atoms with Gasteiger partial charge >= 0.3 is 0 Å². The van der Waals surface area contributed by atoms with Crippen molar-refractivity contribution in [1.29, 1.82) is 0 Å². The van der Waals surface area contributed by atoms with Gasteiger partial charge in [0.05, 0.1) is 6.10 Å². The normalized spacial score (nSPS) is 19.6. The van der Waals surface area contributed by atoms with E-state index in [2.05, 4.69) is 21.8 Å². The van der Waals surface area contributed by atoms with Crippen LogP contribution in [-0.4, -0.2) is 29.2 Å². The molecule has 1 atom stereocenters. The first-order valence-corrected chi connectivity index (χ1v) is 8.13. The summed E-state index contributed by atoms with van der Waals surface area (Å²) in [7, 11) is 0. The molecule has 0 saturated carbocycles. The fraction of sp³-hybridized carbons (Fsp3) is 0.750. The molecule has 1 unspecified atom stereocenters. The van der Waals surface area contributed by atoms with E-state index in [0.29, 0.717) is 11.6 Å². The van der Waals surface area contributed by atoms with E-state index in [1.807, 2.05) is 13.8 Å². The van der Waals surface area contributed by atoms with Gasteiger partial charge in [0.15, 0.2) is 5.82 Å². The Bertz CT molecular complexity index is 450. The number of rotatable bonds is 5. The van der Waals surface area contributed by atoms with Crippen molar-refractivity contribution in [3.8, 4) is 5.88 Å². The summed E-state index contributed by atoms with van der Waals surface area (Å²) in [6, 6.07) is 0. The number of anilines is 2. The highest BCUT2D eigenvalue weighted by Crippen LogP contribution is 2.31. The molecule has 5 nitrogen and oxygen atoms in total. The molecule has 0 amide bonds. The Labute approximate surface area is 127 Å².